The fourth-order valence-corrected chi connectivity index (χ4v) is 4.02. The van der Waals surface area contributed by atoms with Crippen LogP contribution in [0.15, 0.2) is 29.2 Å². The third-order valence-corrected chi connectivity index (χ3v) is 5.51. The Morgan fingerprint density at radius 1 is 1.23 bits per heavy atom. The molecule has 26 heavy (non-hydrogen) atoms. The number of hydrogen-bond donors (Lipinski definition) is 0. The zero-order valence-electron chi connectivity index (χ0n) is 13.8. The van der Waals surface area contributed by atoms with Crippen LogP contribution in [0, 0.1) is 0 Å². The fraction of sp³-hybridized carbons (Fsp3) is 0.412. The zero-order chi connectivity index (χ0) is 18.7. The summed E-state index contributed by atoms with van der Waals surface area (Å²) in [6, 6.07) is 4.90. The van der Waals surface area contributed by atoms with E-state index in [2.05, 4.69) is 4.90 Å². The van der Waals surface area contributed by atoms with Crippen molar-refractivity contribution in [2.45, 2.75) is 6.18 Å². The van der Waals surface area contributed by atoms with Crippen molar-refractivity contribution in [3.8, 4) is 0 Å². The number of thiocarbonyl (C=S) groups is 1. The third kappa shape index (κ3) is 4.64. The number of thioether (sulfide) groups is 1. The van der Waals surface area contributed by atoms with Crippen molar-refractivity contribution in [2.24, 2.45) is 0 Å². The van der Waals surface area contributed by atoms with Crippen molar-refractivity contribution < 1.29 is 22.7 Å². The maximum atomic E-state index is 12.8. The summed E-state index contributed by atoms with van der Waals surface area (Å²) < 4.78 is 44.2. The standard InChI is InChI=1S/C17H17F3N2O2S2/c18-17(19,20)13-3-1-2-12(10-13)11-14-15(23)22(16(25)26-14)5-4-21-6-8-24-9-7-21/h1-3,10-11H,4-9H2. The Hall–Kier alpha value is -1.42. The number of benzene rings is 1. The molecule has 1 amide bonds. The van der Waals surface area contributed by atoms with E-state index in [1.54, 1.807) is 0 Å². The first-order valence-electron chi connectivity index (χ1n) is 8.07. The van der Waals surface area contributed by atoms with E-state index in [4.69, 9.17) is 17.0 Å². The van der Waals surface area contributed by atoms with E-state index in [0.29, 0.717) is 41.1 Å². The number of amides is 1. The van der Waals surface area contributed by atoms with Crippen LogP contribution in [0.2, 0.25) is 0 Å². The lowest BCUT2D eigenvalue weighted by Crippen LogP contribution is -2.42. The Bertz CT molecular complexity index is 731. The van der Waals surface area contributed by atoms with Crippen molar-refractivity contribution in [1.29, 1.82) is 0 Å². The van der Waals surface area contributed by atoms with Gasteiger partial charge in [-0.2, -0.15) is 13.2 Å². The Balaban J connectivity index is 1.69. The normalized spacial score (nSPS) is 21.0. The minimum Gasteiger partial charge on any atom is -0.379 e. The Kier molecular flexibility index (Phi) is 6.01. The average Bonchev–Trinajstić information content (AvgIpc) is 2.87. The first-order chi connectivity index (χ1) is 12.3. The fourth-order valence-electron chi connectivity index (χ4n) is 2.72. The van der Waals surface area contributed by atoms with Gasteiger partial charge in [0.2, 0.25) is 0 Å². The minimum absolute atomic E-state index is 0.259. The second-order valence-corrected chi connectivity index (χ2v) is 7.59. The highest BCUT2D eigenvalue weighted by Crippen LogP contribution is 2.34. The number of morpholine rings is 1. The van der Waals surface area contributed by atoms with E-state index >= 15 is 0 Å². The molecule has 3 rings (SSSR count). The highest BCUT2D eigenvalue weighted by Gasteiger charge is 2.33. The van der Waals surface area contributed by atoms with E-state index < -0.39 is 11.7 Å². The summed E-state index contributed by atoms with van der Waals surface area (Å²) >= 11 is 6.39. The van der Waals surface area contributed by atoms with E-state index in [0.717, 1.165) is 37.0 Å². The first-order valence-corrected chi connectivity index (χ1v) is 9.30. The van der Waals surface area contributed by atoms with Crippen LogP contribution >= 0.6 is 24.0 Å². The molecular weight excluding hydrogens is 385 g/mol. The quantitative estimate of drug-likeness (QED) is 0.570. The summed E-state index contributed by atoms with van der Waals surface area (Å²) in [5.41, 5.74) is -0.414. The Morgan fingerprint density at radius 3 is 2.65 bits per heavy atom. The van der Waals surface area contributed by atoms with Crippen LogP contribution in [0.5, 0.6) is 0 Å². The number of halogens is 3. The molecule has 2 saturated heterocycles. The zero-order valence-corrected chi connectivity index (χ0v) is 15.4. The molecule has 1 aromatic carbocycles. The molecule has 0 atom stereocenters. The number of ether oxygens (including phenoxy) is 1. The number of hydrogen-bond acceptors (Lipinski definition) is 5. The number of carbonyl (C=O) groups is 1. The van der Waals surface area contributed by atoms with Gasteiger partial charge in [0, 0.05) is 26.2 Å². The van der Waals surface area contributed by atoms with Gasteiger partial charge in [0.15, 0.2) is 0 Å². The van der Waals surface area contributed by atoms with Gasteiger partial charge in [-0.1, -0.05) is 36.1 Å². The molecule has 0 unspecified atom stereocenters. The summed E-state index contributed by atoms with van der Waals surface area (Å²) in [5, 5.41) is 0. The Morgan fingerprint density at radius 2 is 1.96 bits per heavy atom. The highest BCUT2D eigenvalue weighted by atomic mass is 32.2. The van der Waals surface area contributed by atoms with E-state index in [-0.39, 0.29) is 5.91 Å². The topological polar surface area (TPSA) is 32.8 Å². The molecule has 9 heteroatoms. The number of alkyl halides is 3. The van der Waals surface area contributed by atoms with Gasteiger partial charge >= 0.3 is 6.18 Å². The number of nitrogens with zero attached hydrogens (tertiary/aromatic N) is 2. The molecule has 0 aliphatic carbocycles. The van der Waals surface area contributed by atoms with Gasteiger partial charge in [-0.15, -0.1) is 0 Å². The van der Waals surface area contributed by atoms with Gasteiger partial charge in [0.25, 0.3) is 5.91 Å². The largest absolute Gasteiger partial charge is 0.416 e. The molecule has 0 bridgehead atoms. The summed E-state index contributed by atoms with van der Waals surface area (Å²) in [6.07, 6.45) is -2.95. The number of carbonyl (C=O) groups excluding carboxylic acids is 1. The molecule has 2 aliphatic rings. The number of rotatable bonds is 4. The molecule has 2 aliphatic heterocycles. The lowest BCUT2D eigenvalue weighted by atomic mass is 10.1. The van der Waals surface area contributed by atoms with Crippen molar-refractivity contribution in [3.05, 3.63) is 40.3 Å². The molecule has 0 spiro atoms. The summed E-state index contributed by atoms with van der Waals surface area (Å²) in [4.78, 5) is 16.6. The molecule has 0 saturated carbocycles. The summed E-state index contributed by atoms with van der Waals surface area (Å²) in [5.74, 6) is -0.259. The van der Waals surface area contributed by atoms with Crippen LogP contribution in [-0.4, -0.2) is 59.4 Å². The van der Waals surface area contributed by atoms with Gasteiger partial charge in [-0.05, 0) is 23.8 Å². The molecule has 140 valence electrons. The van der Waals surface area contributed by atoms with Gasteiger partial charge in [-0.25, -0.2) is 0 Å². The second kappa shape index (κ2) is 8.08. The van der Waals surface area contributed by atoms with Crippen LogP contribution in [0.25, 0.3) is 6.08 Å². The maximum Gasteiger partial charge on any atom is 0.416 e. The lowest BCUT2D eigenvalue weighted by molar-refractivity contribution is -0.137. The molecule has 4 nitrogen and oxygen atoms in total. The van der Waals surface area contributed by atoms with Crippen molar-refractivity contribution >= 4 is 40.3 Å². The van der Waals surface area contributed by atoms with Gasteiger partial charge in [0.1, 0.15) is 4.32 Å². The lowest BCUT2D eigenvalue weighted by Gasteiger charge is -2.28. The van der Waals surface area contributed by atoms with Crippen LogP contribution in [0.4, 0.5) is 13.2 Å². The monoisotopic (exact) mass is 402 g/mol. The summed E-state index contributed by atoms with van der Waals surface area (Å²) in [7, 11) is 0. The predicted molar refractivity (Wildman–Crippen MR) is 98.6 cm³/mol. The highest BCUT2D eigenvalue weighted by molar-refractivity contribution is 8.26. The van der Waals surface area contributed by atoms with Crippen molar-refractivity contribution in [3.63, 3.8) is 0 Å². The van der Waals surface area contributed by atoms with Crippen LogP contribution in [-0.2, 0) is 15.7 Å². The van der Waals surface area contributed by atoms with Crippen molar-refractivity contribution in [2.75, 3.05) is 39.4 Å². The molecule has 2 fully saturated rings. The van der Waals surface area contributed by atoms with Gasteiger partial charge in [-0.3, -0.25) is 14.6 Å². The summed E-state index contributed by atoms with van der Waals surface area (Å²) in [6.45, 7) is 4.13. The van der Waals surface area contributed by atoms with E-state index in [1.165, 1.54) is 23.1 Å². The SMILES string of the molecule is O=C1C(=Cc2cccc(C(F)(F)F)c2)SC(=S)N1CCN1CCOCC1. The Labute approximate surface area is 159 Å². The third-order valence-electron chi connectivity index (χ3n) is 4.13. The maximum absolute atomic E-state index is 12.8. The predicted octanol–water partition coefficient (Wildman–Crippen LogP) is 3.24. The molecule has 0 N–H and O–H groups in total. The molecule has 0 aromatic heterocycles. The van der Waals surface area contributed by atoms with Crippen LogP contribution in [0.1, 0.15) is 11.1 Å². The average molecular weight is 402 g/mol. The minimum atomic E-state index is -4.42. The molecule has 1 aromatic rings. The molecule has 2 heterocycles. The van der Waals surface area contributed by atoms with Crippen molar-refractivity contribution in [1.82, 2.24) is 9.80 Å². The molecule has 0 radical (unpaired) electrons. The van der Waals surface area contributed by atoms with Gasteiger partial charge < -0.3 is 4.74 Å². The first kappa shape index (κ1) is 19.3. The van der Waals surface area contributed by atoms with E-state index in [9.17, 15) is 18.0 Å². The smallest absolute Gasteiger partial charge is 0.379 e. The van der Waals surface area contributed by atoms with E-state index in [1.807, 2.05) is 0 Å². The second-order valence-electron chi connectivity index (χ2n) is 5.91. The molecular formula is C17H17F3N2O2S2. The van der Waals surface area contributed by atoms with Crippen LogP contribution in [0.3, 0.4) is 0 Å². The van der Waals surface area contributed by atoms with Crippen LogP contribution < -0.4 is 0 Å². The van der Waals surface area contributed by atoms with Gasteiger partial charge in [0.05, 0.1) is 23.7 Å².